The summed E-state index contributed by atoms with van der Waals surface area (Å²) in [6.07, 6.45) is 1.42. The topological polar surface area (TPSA) is 63.3 Å². The second-order valence-corrected chi connectivity index (χ2v) is 5.23. The summed E-state index contributed by atoms with van der Waals surface area (Å²) >= 11 is 17.8. The molecule has 18 heavy (non-hydrogen) atoms. The van der Waals surface area contributed by atoms with E-state index in [0.717, 1.165) is 0 Å². The normalized spacial score (nSPS) is 12.0. The van der Waals surface area contributed by atoms with E-state index in [2.05, 4.69) is 0 Å². The first-order valence-electron chi connectivity index (χ1n) is 5.13. The molecule has 0 spiro atoms. The van der Waals surface area contributed by atoms with Crippen LogP contribution in [-0.4, -0.2) is 11.1 Å². The number of anilines is 1. The predicted octanol–water partition coefficient (Wildman–Crippen LogP) is 4.35. The van der Waals surface area contributed by atoms with Crippen molar-refractivity contribution in [2.45, 2.75) is 13.8 Å². The molecule has 0 aliphatic heterocycles. The molecule has 1 rings (SSSR count). The lowest BCUT2D eigenvalue weighted by Crippen LogP contribution is -2.07. The monoisotopic (exact) mass is 307 g/mol. The second kappa shape index (κ2) is 5.83. The Labute approximate surface area is 120 Å². The van der Waals surface area contributed by atoms with Crippen molar-refractivity contribution in [2.24, 2.45) is 5.92 Å². The second-order valence-electron chi connectivity index (χ2n) is 4.04. The molecule has 0 saturated carbocycles. The third kappa shape index (κ3) is 3.10. The average Bonchev–Trinajstić information content (AvgIpc) is 2.25. The van der Waals surface area contributed by atoms with Crippen molar-refractivity contribution in [1.29, 1.82) is 0 Å². The number of hydrogen-bond donors (Lipinski definition) is 2. The Bertz CT molecular complexity index is 525. The van der Waals surface area contributed by atoms with Gasteiger partial charge >= 0.3 is 5.97 Å². The minimum atomic E-state index is -1.02. The third-order valence-electron chi connectivity index (χ3n) is 2.41. The van der Waals surface area contributed by atoms with Crippen molar-refractivity contribution in [3.63, 3.8) is 0 Å². The van der Waals surface area contributed by atoms with Gasteiger partial charge in [-0.05, 0) is 18.1 Å². The number of halogens is 3. The van der Waals surface area contributed by atoms with Crippen LogP contribution in [0.1, 0.15) is 19.4 Å². The van der Waals surface area contributed by atoms with Gasteiger partial charge in [-0.1, -0.05) is 48.7 Å². The number of nitrogens with two attached hydrogens (primary N) is 1. The van der Waals surface area contributed by atoms with Gasteiger partial charge in [-0.25, -0.2) is 4.79 Å². The van der Waals surface area contributed by atoms with Crippen molar-refractivity contribution in [3.8, 4) is 0 Å². The molecule has 0 saturated heterocycles. The van der Waals surface area contributed by atoms with E-state index in [0.29, 0.717) is 5.56 Å². The van der Waals surface area contributed by atoms with Crippen molar-refractivity contribution >= 4 is 52.5 Å². The van der Waals surface area contributed by atoms with Crippen LogP contribution < -0.4 is 5.73 Å². The molecule has 0 aliphatic rings. The van der Waals surface area contributed by atoms with Crippen LogP contribution >= 0.6 is 34.8 Å². The van der Waals surface area contributed by atoms with E-state index in [-0.39, 0.29) is 32.2 Å². The fraction of sp³-hybridized carbons (Fsp3) is 0.250. The smallest absolute Gasteiger partial charge is 0.331 e. The van der Waals surface area contributed by atoms with Crippen LogP contribution in [-0.2, 0) is 4.79 Å². The summed E-state index contributed by atoms with van der Waals surface area (Å²) in [5.74, 6) is -1.20. The molecule has 0 radical (unpaired) electrons. The van der Waals surface area contributed by atoms with Crippen LogP contribution in [0.2, 0.25) is 15.1 Å². The van der Waals surface area contributed by atoms with Crippen LogP contribution in [0, 0.1) is 5.92 Å². The van der Waals surface area contributed by atoms with Gasteiger partial charge in [0.1, 0.15) is 0 Å². The number of rotatable bonds is 3. The van der Waals surface area contributed by atoms with E-state index in [4.69, 9.17) is 45.6 Å². The van der Waals surface area contributed by atoms with Crippen molar-refractivity contribution in [1.82, 2.24) is 0 Å². The van der Waals surface area contributed by atoms with Gasteiger partial charge in [-0.2, -0.15) is 0 Å². The molecular formula is C12H12Cl3NO2. The molecule has 0 bridgehead atoms. The molecule has 0 fully saturated rings. The summed E-state index contributed by atoms with van der Waals surface area (Å²) in [4.78, 5) is 11.1. The molecule has 3 N–H and O–H groups in total. The van der Waals surface area contributed by atoms with E-state index in [1.165, 1.54) is 12.1 Å². The van der Waals surface area contributed by atoms with Crippen LogP contribution in [0.15, 0.2) is 11.6 Å². The molecule has 0 unspecified atom stereocenters. The largest absolute Gasteiger partial charge is 0.478 e. The number of aliphatic carboxylic acids is 1. The molecular weight excluding hydrogens is 296 g/mol. The highest BCUT2D eigenvalue weighted by atomic mass is 35.5. The molecule has 0 aromatic heterocycles. The standard InChI is InChI=1S/C12H12Cl3NO2/c1-5(2)6(12(17)18)3-7-8(13)4-9(14)11(16)10(7)15/h3-5H,16H2,1-2H3,(H,17,18)/b6-3+. The first kappa shape index (κ1) is 15.2. The molecule has 1 aromatic carbocycles. The van der Waals surface area contributed by atoms with Crippen molar-refractivity contribution in [3.05, 3.63) is 32.3 Å². The summed E-state index contributed by atoms with van der Waals surface area (Å²) in [7, 11) is 0. The van der Waals surface area contributed by atoms with Crippen molar-refractivity contribution < 1.29 is 9.90 Å². The van der Waals surface area contributed by atoms with Gasteiger partial charge in [0, 0.05) is 11.1 Å². The maximum atomic E-state index is 11.1. The lowest BCUT2D eigenvalue weighted by Gasteiger charge is -2.11. The fourth-order valence-corrected chi connectivity index (χ4v) is 2.26. The number of benzene rings is 1. The van der Waals surface area contributed by atoms with Gasteiger partial charge in [0.15, 0.2) is 0 Å². The Balaban J connectivity index is 3.47. The highest BCUT2D eigenvalue weighted by Gasteiger charge is 2.16. The molecule has 0 heterocycles. The molecule has 3 nitrogen and oxygen atoms in total. The van der Waals surface area contributed by atoms with Gasteiger partial charge in [0.2, 0.25) is 0 Å². The maximum absolute atomic E-state index is 11.1. The summed E-state index contributed by atoms with van der Waals surface area (Å²) in [6.45, 7) is 3.53. The molecule has 0 atom stereocenters. The van der Waals surface area contributed by atoms with Crippen LogP contribution in [0.4, 0.5) is 5.69 Å². The fourth-order valence-electron chi connectivity index (χ4n) is 1.38. The summed E-state index contributed by atoms with van der Waals surface area (Å²) in [5.41, 5.74) is 6.43. The zero-order valence-corrected chi connectivity index (χ0v) is 12.1. The quantitative estimate of drug-likeness (QED) is 0.644. The highest BCUT2D eigenvalue weighted by Crippen LogP contribution is 2.37. The van der Waals surface area contributed by atoms with Gasteiger partial charge in [0.25, 0.3) is 0 Å². The predicted molar refractivity (Wildman–Crippen MR) is 76.3 cm³/mol. The van der Waals surface area contributed by atoms with Crippen LogP contribution in [0.5, 0.6) is 0 Å². The molecule has 98 valence electrons. The third-order valence-corrected chi connectivity index (χ3v) is 3.44. The van der Waals surface area contributed by atoms with Crippen LogP contribution in [0.25, 0.3) is 6.08 Å². The van der Waals surface area contributed by atoms with E-state index < -0.39 is 5.97 Å². The van der Waals surface area contributed by atoms with Gasteiger partial charge in [0.05, 0.1) is 20.8 Å². The molecule has 0 aliphatic carbocycles. The lowest BCUT2D eigenvalue weighted by atomic mass is 10.00. The first-order chi connectivity index (χ1) is 8.25. The molecule has 0 amide bonds. The summed E-state index contributed by atoms with van der Waals surface area (Å²) in [5, 5.41) is 9.76. The SMILES string of the molecule is CC(C)/C(=C\c1c(Cl)cc(Cl)c(N)c1Cl)C(=O)O. The lowest BCUT2D eigenvalue weighted by molar-refractivity contribution is -0.133. The Morgan fingerprint density at radius 1 is 1.33 bits per heavy atom. The van der Waals surface area contributed by atoms with Crippen LogP contribution in [0.3, 0.4) is 0 Å². The molecule has 6 heteroatoms. The zero-order valence-electron chi connectivity index (χ0n) is 9.80. The van der Waals surface area contributed by atoms with Gasteiger partial charge in [-0.15, -0.1) is 0 Å². The van der Waals surface area contributed by atoms with E-state index in [9.17, 15) is 4.79 Å². The number of carbonyl (C=O) groups is 1. The highest BCUT2D eigenvalue weighted by molar-refractivity contribution is 6.43. The van der Waals surface area contributed by atoms with Gasteiger partial charge < -0.3 is 10.8 Å². The Kier molecular flexibility index (Phi) is 4.91. The Morgan fingerprint density at radius 2 is 1.89 bits per heavy atom. The van der Waals surface area contributed by atoms with E-state index in [1.807, 2.05) is 0 Å². The minimum Gasteiger partial charge on any atom is -0.478 e. The van der Waals surface area contributed by atoms with Gasteiger partial charge in [-0.3, -0.25) is 0 Å². The van der Waals surface area contributed by atoms with E-state index in [1.54, 1.807) is 13.8 Å². The summed E-state index contributed by atoms with van der Waals surface area (Å²) < 4.78 is 0. The Morgan fingerprint density at radius 3 is 2.33 bits per heavy atom. The number of nitrogen functional groups attached to an aromatic ring is 1. The number of carboxylic acid groups (broad SMARTS) is 1. The van der Waals surface area contributed by atoms with Crippen molar-refractivity contribution in [2.75, 3.05) is 5.73 Å². The minimum absolute atomic E-state index is 0.159. The number of hydrogen-bond acceptors (Lipinski definition) is 2. The average molecular weight is 309 g/mol. The Hall–Kier alpha value is -0.900. The first-order valence-corrected chi connectivity index (χ1v) is 6.27. The van der Waals surface area contributed by atoms with E-state index >= 15 is 0 Å². The summed E-state index contributed by atoms with van der Waals surface area (Å²) in [6, 6.07) is 1.44. The number of carboxylic acids is 1. The maximum Gasteiger partial charge on any atom is 0.331 e. The molecule has 1 aromatic rings. The zero-order chi connectivity index (χ0) is 14.0.